The molecule has 5 rings (SSSR count). The predicted molar refractivity (Wildman–Crippen MR) is 140 cm³/mol. The average molecular weight is 520 g/mol. The molecular formula is C29H21N5O5. The molecule has 1 aromatic heterocycles. The molecule has 4 aromatic rings. The topological polar surface area (TPSA) is 154 Å². The quantitative estimate of drug-likeness (QED) is 0.210. The number of anilines is 1. The van der Waals surface area contributed by atoms with E-state index in [4.69, 9.17) is 5.11 Å². The first-order chi connectivity index (χ1) is 18.9. The number of carboxylic acids is 1. The molecule has 39 heavy (non-hydrogen) atoms. The number of ketones is 1. The van der Waals surface area contributed by atoms with Crippen molar-refractivity contribution in [3.05, 3.63) is 101 Å². The number of Topliss-reactive ketones (excluding diaryl/α,β-unsaturated/α-hetero) is 1. The minimum atomic E-state index is -1.63. The van der Waals surface area contributed by atoms with Crippen molar-refractivity contribution >= 4 is 29.3 Å². The zero-order valence-corrected chi connectivity index (χ0v) is 20.4. The molecule has 2 amide bonds. The van der Waals surface area contributed by atoms with E-state index >= 15 is 0 Å². The van der Waals surface area contributed by atoms with Crippen LogP contribution >= 0.6 is 0 Å². The second-order valence-electron chi connectivity index (χ2n) is 8.83. The number of carbonyl (C=O) groups excluding carboxylic acids is 3. The molecule has 1 aliphatic carbocycles. The number of benzene rings is 3. The molecule has 0 radical (unpaired) electrons. The van der Waals surface area contributed by atoms with Crippen LogP contribution in [0.1, 0.15) is 32.0 Å². The zero-order valence-electron chi connectivity index (χ0n) is 20.4. The van der Waals surface area contributed by atoms with Gasteiger partial charge >= 0.3 is 5.97 Å². The third-order valence-electron chi connectivity index (χ3n) is 6.31. The fourth-order valence-corrected chi connectivity index (χ4v) is 4.50. The monoisotopic (exact) mass is 519 g/mol. The molecular weight excluding hydrogens is 498 g/mol. The van der Waals surface area contributed by atoms with Crippen molar-refractivity contribution in [2.75, 3.05) is 11.9 Å². The number of fused-ring (bicyclic) bond motifs is 3. The third kappa shape index (κ3) is 4.89. The summed E-state index contributed by atoms with van der Waals surface area (Å²) in [5.74, 6) is -4.85. The predicted octanol–water partition coefficient (Wildman–Crippen LogP) is 3.22. The normalized spacial score (nSPS) is 12.0. The van der Waals surface area contributed by atoms with Gasteiger partial charge in [-0.3, -0.25) is 19.2 Å². The molecule has 3 N–H and O–H groups in total. The van der Waals surface area contributed by atoms with E-state index < -0.39 is 36.0 Å². The summed E-state index contributed by atoms with van der Waals surface area (Å²) >= 11 is 0. The van der Waals surface area contributed by atoms with Crippen LogP contribution in [0.2, 0.25) is 0 Å². The Morgan fingerprint density at radius 3 is 2.36 bits per heavy atom. The van der Waals surface area contributed by atoms with E-state index in [1.165, 1.54) is 0 Å². The lowest BCUT2D eigenvalue weighted by molar-refractivity contribution is -0.135. The number of aromatic nitrogens is 2. The average Bonchev–Trinajstić information content (AvgIpc) is 3.50. The van der Waals surface area contributed by atoms with Gasteiger partial charge in [-0.05, 0) is 42.0 Å². The summed E-state index contributed by atoms with van der Waals surface area (Å²) in [6, 6.07) is 24.3. The first kappa shape index (κ1) is 25.1. The fraction of sp³-hybridized carbons (Fsp3) is 0.103. The largest absolute Gasteiger partial charge is 0.480 e. The molecule has 10 nitrogen and oxygen atoms in total. The Morgan fingerprint density at radius 2 is 1.69 bits per heavy atom. The maximum absolute atomic E-state index is 13.6. The number of nitriles is 1. The summed E-state index contributed by atoms with van der Waals surface area (Å²) in [6.07, 6.45) is 0.300. The van der Waals surface area contributed by atoms with Crippen LogP contribution in [0.15, 0.2) is 78.9 Å². The third-order valence-corrected chi connectivity index (χ3v) is 6.31. The highest BCUT2D eigenvalue weighted by Crippen LogP contribution is 2.41. The van der Waals surface area contributed by atoms with E-state index in [2.05, 4.69) is 15.7 Å². The van der Waals surface area contributed by atoms with E-state index in [1.54, 1.807) is 65.3 Å². The molecule has 0 bridgehead atoms. The van der Waals surface area contributed by atoms with E-state index in [1.807, 2.05) is 24.3 Å². The van der Waals surface area contributed by atoms with Gasteiger partial charge in [0.25, 0.3) is 5.91 Å². The van der Waals surface area contributed by atoms with E-state index in [-0.39, 0.29) is 11.3 Å². The van der Waals surface area contributed by atoms with Gasteiger partial charge in [0, 0.05) is 28.8 Å². The number of hydrogen-bond donors (Lipinski definition) is 3. The fourth-order valence-electron chi connectivity index (χ4n) is 4.50. The zero-order chi connectivity index (χ0) is 27.5. The highest BCUT2D eigenvalue weighted by molar-refractivity contribution is 6.16. The first-order valence-corrected chi connectivity index (χ1v) is 12.0. The summed E-state index contributed by atoms with van der Waals surface area (Å²) in [6.45, 7) is -0.525. The lowest BCUT2D eigenvalue weighted by atomic mass is 9.98. The van der Waals surface area contributed by atoms with Gasteiger partial charge in [-0.2, -0.15) is 10.4 Å². The molecule has 1 atom stereocenters. The van der Waals surface area contributed by atoms with Crippen molar-refractivity contribution in [2.45, 2.75) is 6.42 Å². The molecule has 0 saturated heterocycles. The summed E-state index contributed by atoms with van der Waals surface area (Å²) < 4.78 is 1.57. The standard InChI is InChI=1S/C29H21N5O5/c30-15-23(29(39)32-19-7-3-1-4-8-19)27(37)25-22-13-17-11-12-18(28(38)31-16-24(35)36)14-21(17)26(22)34(33-25)20-9-5-2-6-10-20/h1-12,14,23H,13,16H2,(H,31,38)(H,32,39)(H,35,36). The minimum absolute atomic E-state index is 0.00306. The Bertz CT molecular complexity index is 1650. The molecule has 0 saturated carbocycles. The Hall–Kier alpha value is -5.56. The Labute approximate surface area is 222 Å². The first-order valence-electron chi connectivity index (χ1n) is 12.0. The Morgan fingerprint density at radius 1 is 1.00 bits per heavy atom. The van der Waals surface area contributed by atoms with Crippen molar-refractivity contribution in [2.24, 2.45) is 5.92 Å². The molecule has 192 valence electrons. The summed E-state index contributed by atoms with van der Waals surface area (Å²) in [5, 5.41) is 28.2. The lowest BCUT2D eigenvalue weighted by Crippen LogP contribution is -2.29. The number of nitrogens with zero attached hydrogens (tertiary/aromatic N) is 3. The van der Waals surface area contributed by atoms with E-state index in [9.17, 15) is 24.4 Å². The Kier molecular flexibility index (Phi) is 6.72. The maximum Gasteiger partial charge on any atom is 0.322 e. The molecule has 10 heteroatoms. The SMILES string of the molecule is N#CC(C(=O)Nc1ccccc1)C(=O)c1nn(-c2ccccc2)c2c1Cc1ccc(C(=O)NCC(=O)O)cc1-2. The summed E-state index contributed by atoms with van der Waals surface area (Å²) in [5.41, 5.74) is 3.90. The van der Waals surface area contributed by atoms with Crippen LogP contribution in [-0.4, -0.2) is 45.0 Å². The number of carboxylic acid groups (broad SMARTS) is 1. The molecule has 1 heterocycles. The van der Waals surface area contributed by atoms with Gasteiger partial charge in [-0.1, -0.05) is 42.5 Å². The molecule has 1 unspecified atom stereocenters. The summed E-state index contributed by atoms with van der Waals surface area (Å²) in [7, 11) is 0. The van der Waals surface area contributed by atoms with Gasteiger partial charge in [-0.15, -0.1) is 0 Å². The van der Waals surface area contributed by atoms with Crippen LogP contribution in [0.3, 0.4) is 0 Å². The molecule has 0 fully saturated rings. The van der Waals surface area contributed by atoms with Gasteiger partial charge < -0.3 is 15.7 Å². The number of para-hydroxylation sites is 2. The molecule has 3 aromatic carbocycles. The molecule has 0 spiro atoms. The number of hydrogen-bond acceptors (Lipinski definition) is 6. The van der Waals surface area contributed by atoms with Crippen molar-refractivity contribution in [3.63, 3.8) is 0 Å². The summed E-state index contributed by atoms with van der Waals surface area (Å²) in [4.78, 5) is 49.9. The van der Waals surface area contributed by atoms with Crippen molar-refractivity contribution in [1.82, 2.24) is 15.1 Å². The van der Waals surface area contributed by atoms with Crippen LogP contribution in [0, 0.1) is 17.2 Å². The van der Waals surface area contributed by atoms with Crippen molar-refractivity contribution in [1.29, 1.82) is 5.26 Å². The van der Waals surface area contributed by atoms with Crippen molar-refractivity contribution in [3.8, 4) is 23.0 Å². The molecule has 1 aliphatic rings. The van der Waals surface area contributed by atoms with Gasteiger partial charge in [-0.25, -0.2) is 4.68 Å². The highest BCUT2D eigenvalue weighted by Gasteiger charge is 2.36. The van der Waals surface area contributed by atoms with Crippen molar-refractivity contribution < 1.29 is 24.3 Å². The number of carbonyl (C=O) groups is 4. The second-order valence-corrected chi connectivity index (χ2v) is 8.83. The van der Waals surface area contributed by atoms with Crippen LogP contribution in [0.4, 0.5) is 5.69 Å². The number of nitrogens with one attached hydrogen (secondary N) is 2. The van der Waals surface area contributed by atoms with Crippen LogP contribution in [-0.2, 0) is 16.0 Å². The smallest absolute Gasteiger partial charge is 0.322 e. The van der Waals surface area contributed by atoms with Gasteiger partial charge in [0.2, 0.25) is 11.7 Å². The van der Waals surface area contributed by atoms with E-state index in [0.717, 1.165) is 5.56 Å². The van der Waals surface area contributed by atoms with Gasteiger partial charge in [0.1, 0.15) is 12.2 Å². The number of amides is 2. The maximum atomic E-state index is 13.6. The number of rotatable bonds is 8. The van der Waals surface area contributed by atoms with Crippen LogP contribution < -0.4 is 10.6 Å². The van der Waals surface area contributed by atoms with Crippen LogP contribution in [0.25, 0.3) is 16.9 Å². The Balaban J connectivity index is 1.56. The minimum Gasteiger partial charge on any atom is -0.480 e. The van der Waals surface area contributed by atoms with Gasteiger partial charge in [0.05, 0.1) is 17.5 Å². The highest BCUT2D eigenvalue weighted by atomic mass is 16.4. The second kappa shape index (κ2) is 10.4. The van der Waals surface area contributed by atoms with Gasteiger partial charge in [0.15, 0.2) is 5.92 Å². The lowest BCUT2D eigenvalue weighted by Gasteiger charge is -2.10. The molecule has 0 aliphatic heterocycles. The van der Waals surface area contributed by atoms with Crippen LogP contribution in [0.5, 0.6) is 0 Å². The van der Waals surface area contributed by atoms with E-state index in [0.29, 0.717) is 34.6 Å². The number of aliphatic carboxylic acids is 1.